The second kappa shape index (κ2) is 3.70. The minimum atomic E-state index is 0.776. The maximum atomic E-state index is 6.20. The van der Waals surface area contributed by atoms with Crippen LogP contribution in [0, 0.1) is 13.8 Å². The van der Waals surface area contributed by atoms with Gasteiger partial charge in [-0.25, -0.2) is 0 Å². The second-order valence-corrected chi connectivity index (χ2v) is 4.19. The normalized spacial score (nSPS) is 10.7. The molecule has 78 valence electrons. The van der Waals surface area contributed by atoms with Crippen molar-refractivity contribution in [2.75, 3.05) is 0 Å². The molecule has 2 nitrogen and oxygen atoms in total. The fourth-order valence-electron chi connectivity index (χ4n) is 1.69. The van der Waals surface area contributed by atoms with Gasteiger partial charge in [-0.2, -0.15) is 5.10 Å². The average molecular weight is 221 g/mol. The topological polar surface area (TPSA) is 17.8 Å². The van der Waals surface area contributed by atoms with E-state index in [0.717, 1.165) is 22.0 Å². The van der Waals surface area contributed by atoms with Crippen LogP contribution in [0.5, 0.6) is 0 Å². The summed E-state index contributed by atoms with van der Waals surface area (Å²) in [6, 6.07) is 8.10. The van der Waals surface area contributed by atoms with Gasteiger partial charge in [-0.05, 0) is 31.5 Å². The number of aromatic nitrogens is 2. The smallest absolute Gasteiger partial charge is 0.0696 e. The molecule has 0 saturated carbocycles. The molecule has 3 heteroatoms. The van der Waals surface area contributed by atoms with Gasteiger partial charge in [0.2, 0.25) is 0 Å². The van der Waals surface area contributed by atoms with E-state index in [1.54, 1.807) is 0 Å². The average Bonchev–Trinajstić information content (AvgIpc) is 2.45. The van der Waals surface area contributed by atoms with Crippen molar-refractivity contribution < 1.29 is 0 Å². The Bertz CT molecular complexity index is 500. The van der Waals surface area contributed by atoms with Crippen molar-refractivity contribution in [3.63, 3.8) is 0 Å². The lowest BCUT2D eigenvalue weighted by Gasteiger charge is -2.05. The lowest BCUT2D eigenvalue weighted by Crippen LogP contribution is -1.94. The minimum Gasteiger partial charge on any atom is -0.268 e. The van der Waals surface area contributed by atoms with Crippen molar-refractivity contribution in [1.82, 2.24) is 9.78 Å². The molecule has 0 fully saturated rings. The van der Waals surface area contributed by atoms with Crippen molar-refractivity contribution in [2.24, 2.45) is 7.05 Å². The van der Waals surface area contributed by atoms with Crippen molar-refractivity contribution in [3.8, 4) is 11.3 Å². The largest absolute Gasteiger partial charge is 0.268 e. The Balaban J connectivity index is 2.59. The van der Waals surface area contributed by atoms with Gasteiger partial charge in [0.1, 0.15) is 0 Å². The summed E-state index contributed by atoms with van der Waals surface area (Å²) in [4.78, 5) is 0. The Kier molecular flexibility index (Phi) is 2.53. The molecule has 0 aliphatic heterocycles. The molecule has 1 heterocycles. The highest BCUT2D eigenvalue weighted by atomic mass is 35.5. The van der Waals surface area contributed by atoms with Crippen LogP contribution in [0.4, 0.5) is 0 Å². The molecule has 0 saturated heterocycles. The van der Waals surface area contributed by atoms with E-state index in [9.17, 15) is 0 Å². The molecular formula is C12H13ClN2. The molecule has 0 radical (unpaired) electrons. The van der Waals surface area contributed by atoms with Gasteiger partial charge in [-0.1, -0.05) is 23.7 Å². The summed E-state index contributed by atoms with van der Waals surface area (Å²) < 4.78 is 1.85. The van der Waals surface area contributed by atoms with Crippen LogP contribution >= 0.6 is 11.6 Å². The van der Waals surface area contributed by atoms with E-state index in [0.29, 0.717) is 0 Å². The second-order valence-electron chi connectivity index (χ2n) is 3.78. The number of rotatable bonds is 1. The quantitative estimate of drug-likeness (QED) is 0.721. The Morgan fingerprint density at radius 1 is 1.20 bits per heavy atom. The SMILES string of the molecule is Cc1ccc(-c2cc(C)nn2C)c(Cl)c1. The molecule has 0 N–H and O–H groups in total. The van der Waals surface area contributed by atoms with Gasteiger partial charge in [0, 0.05) is 12.6 Å². The molecule has 0 spiro atoms. The third-order valence-electron chi connectivity index (χ3n) is 2.40. The van der Waals surface area contributed by atoms with E-state index < -0.39 is 0 Å². The molecule has 2 aromatic rings. The Morgan fingerprint density at radius 3 is 2.47 bits per heavy atom. The van der Waals surface area contributed by atoms with Gasteiger partial charge < -0.3 is 0 Å². The Hall–Kier alpha value is -1.28. The number of nitrogens with zero attached hydrogens (tertiary/aromatic N) is 2. The monoisotopic (exact) mass is 220 g/mol. The van der Waals surface area contributed by atoms with E-state index >= 15 is 0 Å². The van der Waals surface area contributed by atoms with Crippen molar-refractivity contribution >= 4 is 11.6 Å². The maximum absolute atomic E-state index is 6.20. The Labute approximate surface area is 94.5 Å². The highest BCUT2D eigenvalue weighted by Crippen LogP contribution is 2.28. The standard InChI is InChI=1S/C12H13ClN2/c1-8-4-5-10(11(13)6-8)12-7-9(2)14-15(12)3/h4-7H,1-3H3. The zero-order chi connectivity index (χ0) is 11.0. The van der Waals surface area contributed by atoms with Crippen LogP contribution in [-0.4, -0.2) is 9.78 Å². The first-order valence-corrected chi connectivity index (χ1v) is 5.23. The molecule has 0 bridgehead atoms. The minimum absolute atomic E-state index is 0.776. The number of benzene rings is 1. The molecule has 0 aliphatic carbocycles. The predicted octanol–water partition coefficient (Wildman–Crippen LogP) is 3.36. The molecule has 0 aliphatic rings. The summed E-state index contributed by atoms with van der Waals surface area (Å²) in [5.74, 6) is 0. The Morgan fingerprint density at radius 2 is 1.93 bits per heavy atom. The lowest BCUT2D eigenvalue weighted by atomic mass is 10.1. The maximum Gasteiger partial charge on any atom is 0.0696 e. The van der Waals surface area contributed by atoms with Crippen LogP contribution in [0.1, 0.15) is 11.3 Å². The third kappa shape index (κ3) is 1.90. The summed E-state index contributed by atoms with van der Waals surface area (Å²) in [5.41, 5.74) is 4.26. The van der Waals surface area contributed by atoms with Gasteiger partial charge in [0.15, 0.2) is 0 Å². The lowest BCUT2D eigenvalue weighted by molar-refractivity contribution is 0.764. The molecule has 1 aromatic heterocycles. The first kappa shape index (κ1) is 10.2. The van der Waals surface area contributed by atoms with Crippen LogP contribution in [0.3, 0.4) is 0 Å². The fraction of sp³-hybridized carbons (Fsp3) is 0.250. The van der Waals surface area contributed by atoms with Crippen molar-refractivity contribution in [2.45, 2.75) is 13.8 Å². The van der Waals surface area contributed by atoms with Gasteiger partial charge in [0.05, 0.1) is 16.4 Å². The first-order valence-electron chi connectivity index (χ1n) is 4.85. The van der Waals surface area contributed by atoms with Crippen LogP contribution in [0.2, 0.25) is 5.02 Å². The summed E-state index contributed by atoms with van der Waals surface area (Å²) in [7, 11) is 1.93. The molecular weight excluding hydrogens is 208 g/mol. The van der Waals surface area contributed by atoms with Crippen LogP contribution in [-0.2, 0) is 7.05 Å². The summed E-state index contributed by atoms with van der Waals surface area (Å²) >= 11 is 6.20. The zero-order valence-corrected chi connectivity index (χ0v) is 9.84. The van der Waals surface area contributed by atoms with E-state index in [2.05, 4.69) is 11.2 Å². The highest BCUT2D eigenvalue weighted by Gasteiger charge is 2.08. The molecule has 0 unspecified atom stereocenters. The number of aryl methyl sites for hydroxylation is 3. The van der Waals surface area contributed by atoms with Gasteiger partial charge in [-0.15, -0.1) is 0 Å². The highest BCUT2D eigenvalue weighted by molar-refractivity contribution is 6.33. The summed E-state index contributed by atoms with van der Waals surface area (Å²) in [6.07, 6.45) is 0. The van der Waals surface area contributed by atoms with Gasteiger partial charge >= 0.3 is 0 Å². The van der Waals surface area contributed by atoms with Crippen LogP contribution in [0.25, 0.3) is 11.3 Å². The number of halogens is 1. The fourth-order valence-corrected chi connectivity index (χ4v) is 2.02. The summed E-state index contributed by atoms with van der Waals surface area (Å²) in [5, 5.41) is 5.08. The van der Waals surface area contributed by atoms with Crippen LogP contribution < -0.4 is 0 Å². The number of hydrogen-bond donors (Lipinski definition) is 0. The van der Waals surface area contributed by atoms with E-state index in [-0.39, 0.29) is 0 Å². The molecule has 0 amide bonds. The first-order chi connectivity index (χ1) is 7.08. The van der Waals surface area contributed by atoms with Gasteiger partial charge in [0.25, 0.3) is 0 Å². The molecule has 0 atom stereocenters. The van der Waals surface area contributed by atoms with E-state index in [1.807, 2.05) is 43.8 Å². The third-order valence-corrected chi connectivity index (χ3v) is 2.72. The predicted molar refractivity (Wildman–Crippen MR) is 63.1 cm³/mol. The molecule has 1 aromatic carbocycles. The van der Waals surface area contributed by atoms with Crippen LogP contribution in [0.15, 0.2) is 24.3 Å². The van der Waals surface area contributed by atoms with Crippen molar-refractivity contribution in [3.05, 3.63) is 40.5 Å². The summed E-state index contributed by atoms with van der Waals surface area (Å²) in [6.45, 7) is 4.01. The van der Waals surface area contributed by atoms with E-state index in [1.165, 1.54) is 5.56 Å². The zero-order valence-electron chi connectivity index (χ0n) is 9.08. The van der Waals surface area contributed by atoms with Crippen molar-refractivity contribution in [1.29, 1.82) is 0 Å². The molecule has 15 heavy (non-hydrogen) atoms. The van der Waals surface area contributed by atoms with Gasteiger partial charge in [-0.3, -0.25) is 4.68 Å². The number of hydrogen-bond acceptors (Lipinski definition) is 1. The van der Waals surface area contributed by atoms with E-state index in [4.69, 9.17) is 11.6 Å². The molecule has 2 rings (SSSR count).